The number of benzene rings is 1. The summed E-state index contributed by atoms with van der Waals surface area (Å²) in [6, 6.07) is 2.42. The molecule has 2 N–H and O–H groups in total. The van der Waals surface area contributed by atoms with E-state index >= 15 is 0 Å². The number of amides is 2. The standard InChI is InChI=1S/C19H27F2N3O4/c1-11-8-9-13(20)12(14(11)21)10-22-15(23-16(25)27-18(2,3)4)24-17(26)28-19(5,6)7/h8-9H,10H2,1-7H3,(H2,22,23,24,25,26). The minimum atomic E-state index is -0.896. The van der Waals surface area contributed by atoms with E-state index in [4.69, 9.17) is 9.47 Å². The third kappa shape index (κ3) is 8.32. The molecule has 156 valence electrons. The van der Waals surface area contributed by atoms with Crippen LogP contribution < -0.4 is 10.6 Å². The second-order valence-corrected chi connectivity index (χ2v) is 8.08. The zero-order valence-electron chi connectivity index (χ0n) is 17.2. The van der Waals surface area contributed by atoms with E-state index in [1.807, 2.05) is 0 Å². The number of ether oxygens (including phenoxy) is 2. The first-order valence-electron chi connectivity index (χ1n) is 8.66. The zero-order chi connectivity index (χ0) is 21.7. The van der Waals surface area contributed by atoms with E-state index in [-0.39, 0.29) is 17.1 Å². The van der Waals surface area contributed by atoms with E-state index in [2.05, 4.69) is 15.6 Å². The molecule has 0 aliphatic rings. The van der Waals surface area contributed by atoms with E-state index in [1.165, 1.54) is 13.0 Å². The molecule has 0 aromatic heterocycles. The fourth-order valence-corrected chi connectivity index (χ4v) is 1.93. The lowest BCUT2D eigenvalue weighted by Crippen LogP contribution is -2.47. The van der Waals surface area contributed by atoms with Crippen LogP contribution in [0, 0.1) is 18.6 Å². The number of halogens is 2. The average molecular weight is 399 g/mol. The number of alkyl carbamates (subject to hydrolysis) is 2. The van der Waals surface area contributed by atoms with Gasteiger partial charge in [-0.15, -0.1) is 0 Å². The Labute approximate surface area is 163 Å². The number of guanidine groups is 1. The summed E-state index contributed by atoms with van der Waals surface area (Å²) < 4.78 is 38.3. The van der Waals surface area contributed by atoms with Crippen molar-refractivity contribution in [1.82, 2.24) is 10.6 Å². The SMILES string of the molecule is Cc1ccc(F)c(CN=C(NC(=O)OC(C)(C)C)NC(=O)OC(C)(C)C)c1F. The summed E-state index contributed by atoms with van der Waals surface area (Å²) in [7, 11) is 0. The van der Waals surface area contributed by atoms with E-state index in [0.29, 0.717) is 0 Å². The van der Waals surface area contributed by atoms with E-state index in [0.717, 1.165) is 6.07 Å². The molecule has 0 aliphatic heterocycles. The molecule has 0 atom stereocenters. The summed E-state index contributed by atoms with van der Waals surface area (Å²) in [5, 5.41) is 4.49. The predicted molar refractivity (Wildman–Crippen MR) is 101 cm³/mol. The van der Waals surface area contributed by atoms with Crippen LogP contribution in [-0.2, 0) is 16.0 Å². The van der Waals surface area contributed by atoms with Gasteiger partial charge in [-0.1, -0.05) is 6.07 Å². The molecule has 0 unspecified atom stereocenters. The summed E-state index contributed by atoms with van der Waals surface area (Å²) in [4.78, 5) is 27.9. The molecule has 0 saturated carbocycles. The van der Waals surface area contributed by atoms with Crippen molar-refractivity contribution in [1.29, 1.82) is 0 Å². The summed E-state index contributed by atoms with van der Waals surface area (Å²) >= 11 is 0. The van der Waals surface area contributed by atoms with Gasteiger partial charge in [0, 0.05) is 5.56 Å². The van der Waals surface area contributed by atoms with Gasteiger partial charge in [0.05, 0.1) is 6.54 Å². The van der Waals surface area contributed by atoms with Crippen LogP contribution in [0.25, 0.3) is 0 Å². The molecule has 9 heteroatoms. The molecule has 0 bridgehead atoms. The van der Waals surface area contributed by atoms with Crippen LogP contribution in [0.15, 0.2) is 17.1 Å². The smallest absolute Gasteiger partial charge is 0.414 e. The van der Waals surface area contributed by atoms with Gasteiger partial charge in [-0.05, 0) is 60.1 Å². The molecule has 0 fully saturated rings. The number of nitrogens with one attached hydrogen (secondary N) is 2. The van der Waals surface area contributed by atoms with Crippen LogP contribution >= 0.6 is 0 Å². The van der Waals surface area contributed by atoms with Crippen molar-refractivity contribution in [2.45, 2.75) is 66.2 Å². The van der Waals surface area contributed by atoms with Crippen LogP contribution in [0.4, 0.5) is 18.4 Å². The van der Waals surface area contributed by atoms with Crippen LogP contribution in [0.5, 0.6) is 0 Å². The van der Waals surface area contributed by atoms with Gasteiger partial charge in [-0.25, -0.2) is 23.4 Å². The van der Waals surface area contributed by atoms with Gasteiger partial charge in [-0.2, -0.15) is 0 Å². The maximum atomic E-state index is 14.1. The molecule has 28 heavy (non-hydrogen) atoms. The summed E-state index contributed by atoms with van der Waals surface area (Å²) in [6.07, 6.45) is -1.79. The molecule has 0 aliphatic carbocycles. The quantitative estimate of drug-likeness (QED) is 0.577. The lowest BCUT2D eigenvalue weighted by Gasteiger charge is -2.22. The fraction of sp³-hybridized carbons (Fsp3) is 0.526. The highest BCUT2D eigenvalue weighted by Gasteiger charge is 2.21. The number of aliphatic imine (C=N–C) groups is 1. The van der Waals surface area contributed by atoms with Gasteiger partial charge in [0.15, 0.2) is 0 Å². The predicted octanol–water partition coefficient (Wildman–Crippen LogP) is 4.18. The summed E-state index contributed by atoms with van der Waals surface area (Å²) in [5.74, 6) is -1.90. The lowest BCUT2D eigenvalue weighted by molar-refractivity contribution is 0.0545. The highest BCUT2D eigenvalue weighted by molar-refractivity contribution is 6.01. The topological polar surface area (TPSA) is 89.0 Å². The van der Waals surface area contributed by atoms with Crippen molar-refractivity contribution < 1.29 is 27.8 Å². The van der Waals surface area contributed by atoms with Gasteiger partial charge >= 0.3 is 12.2 Å². The molecule has 0 heterocycles. The van der Waals surface area contributed by atoms with Crippen molar-refractivity contribution in [3.8, 4) is 0 Å². The van der Waals surface area contributed by atoms with Crippen molar-refractivity contribution in [3.05, 3.63) is 34.9 Å². The molecular formula is C19H27F2N3O4. The van der Waals surface area contributed by atoms with Crippen molar-refractivity contribution in [2.24, 2.45) is 4.99 Å². The van der Waals surface area contributed by atoms with Crippen molar-refractivity contribution >= 4 is 18.1 Å². The molecule has 0 radical (unpaired) electrons. The fourth-order valence-electron chi connectivity index (χ4n) is 1.93. The Balaban J connectivity index is 3.05. The Kier molecular flexibility index (Phi) is 7.49. The van der Waals surface area contributed by atoms with Crippen LogP contribution in [0.2, 0.25) is 0 Å². The number of carbonyl (C=O) groups is 2. The lowest BCUT2D eigenvalue weighted by atomic mass is 10.1. The minimum absolute atomic E-state index is 0.244. The van der Waals surface area contributed by atoms with E-state index < -0.39 is 41.6 Å². The molecule has 0 spiro atoms. The number of nitrogens with zero attached hydrogens (tertiary/aromatic N) is 1. The van der Waals surface area contributed by atoms with Crippen LogP contribution in [0.3, 0.4) is 0 Å². The summed E-state index contributed by atoms with van der Waals surface area (Å²) in [5.41, 5.74) is -1.64. The largest absolute Gasteiger partial charge is 0.444 e. The molecule has 1 rings (SSSR count). The highest BCUT2D eigenvalue weighted by atomic mass is 19.1. The minimum Gasteiger partial charge on any atom is -0.444 e. The second kappa shape index (κ2) is 8.99. The van der Waals surface area contributed by atoms with Gasteiger partial charge < -0.3 is 9.47 Å². The Hall–Kier alpha value is -2.71. The van der Waals surface area contributed by atoms with Crippen molar-refractivity contribution in [3.63, 3.8) is 0 Å². The van der Waals surface area contributed by atoms with Crippen LogP contribution in [-0.4, -0.2) is 29.3 Å². The van der Waals surface area contributed by atoms with Crippen LogP contribution in [0.1, 0.15) is 52.7 Å². The molecule has 2 amide bonds. The Morgan fingerprint density at radius 2 is 1.43 bits per heavy atom. The van der Waals surface area contributed by atoms with Crippen molar-refractivity contribution in [2.75, 3.05) is 0 Å². The molecular weight excluding hydrogens is 372 g/mol. The Morgan fingerprint density at radius 3 is 1.86 bits per heavy atom. The number of hydrogen-bond donors (Lipinski definition) is 2. The number of carbonyl (C=O) groups excluding carboxylic acids is 2. The first-order valence-corrected chi connectivity index (χ1v) is 8.66. The van der Waals surface area contributed by atoms with Gasteiger partial charge in [0.25, 0.3) is 0 Å². The zero-order valence-corrected chi connectivity index (χ0v) is 17.2. The normalized spacial score (nSPS) is 11.5. The molecule has 1 aromatic rings. The monoisotopic (exact) mass is 399 g/mol. The Bertz CT molecular complexity index is 734. The number of rotatable bonds is 2. The van der Waals surface area contributed by atoms with Gasteiger partial charge in [0.1, 0.15) is 22.8 Å². The molecule has 1 aromatic carbocycles. The number of hydrogen-bond acceptors (Lipinski definition) is 5. The maximum Gasteiger partial charge on any atom is 0.414 e. The molecule has 0 saturated heterocycles. The first-order chi connectivity index (χ1) is 12.7. The number of aryl methyl sites for hydroxylation is 1. The average Bonchev–Trinajstić information content (AvgIpc) is 2.47. The second-order valence-electron chi connectivity index (χ2n) is 8.08. The van der Waals surface area contributed by atoms with E-state index in [9.17, 15) is 18.4 Å². The first kappa shape index (κ1) is 23.3. The summed E-state index contributed by atoms with van der Waals surface area (Å²) in [6.45, 7) is 11.0. The maximum absolute atomic E-state index is 14.1. The van der Waals surface area contributed by atoms with Gasteiger partial charge in [-0.3, -0.25) is 10.6 Å². The third-order valence-electron chi connectivity index (χ3n) is 3.01. The molecule has 7 nitrogen and oxygen atoms in total. The highest BCUT2D eigenvalue weighted by Crippen LogP contribution is 2.17. The third-order valence-corrected chi connectivity index (χ3v) is 3.01. The Morgan fingerprint density at radius 1 is 0.964 bits per heavy atom. The van der Waals surface area contributed by atoms with Gasteiger partial charge in [0.2, 0.25) is 5.96 Å². The van der Waals surface area contributed by atoms with E-state index in [1.54, 1.807) is 41.5 Å².